The van der Waals surface area contributed by atoms with Gasteiger partial charge in [0.2, 0.25) is 0 Å². The van der Waals surface area contributed by atoms with Crippen LogP contribution in [0.4, 0.5) is 10.2 Å². The summed E-state index contributed by atoms with van der Waals surface area (Å²) >= 11 is 12.3. The predicted octanol–water partition coefficient (Wildman–Crippen LogP) is 4.45. The highest BCUT2D eigenvalue weighted by molar-refractivity contribution is 6.36. The van der Waals surface area contributed by atoms with E-state index in [1.54, 1.807) is 25.4 Å². The second kappa shape index (κ2) is 10.0. The number of pyridine rings is 1. The summed E-state index contributed by atoms with van der Waals surface area (Å²) in [6, 6.07) is 4.44. The van der Waals surface area contributed by atoms with E-state index < -0.39 is 11.9 Å². The molecular weight excluding hydrogens is 456 g/mol. The molecule has 1 aliphatic rings. The lowest BCUT2D eigenvalue weighted by atomic mass is 10.1. The summed E-state index contributed by atoms with van der Waals surface area (Å²) in [5.41, 5.74) is 8.07. The van der Waals surface area contributed by atoms with Crippen LogP contribution in [0.2, 0.25) is 10.0 Å². The van der Waals surface area contributed by atoms with Gasteiger partial charge in [-0.2, -0.15) is 5.10 Å². The topological polar surface area (TPSA) is 78.4 Å². The number of nitrogen functional groups attached to an aromatic ring is 1. The lowest BCUT2D eigenvalue weighted by Crippen LogP contribution is -2.38. The van der Waals surface area contributed by atoms with Crippen LogP contribution in [0.25, 0.3) is 11.1 Å². The Balaban J connectivity index is 1.48. The molecule has 0 saturated carbocycles. The van der Waals surface area contributed by atoms with Gasteiger partial charge in [-0.05, 0) is 25.1 Å². The van der Waals surface area contributed by atoms with Gasteiger partial charge < -0.3 is 15.2 Å². The third-order valence-electron chi connectivity index (χ3n) is 5.39. The zero-order valence-corrected chi connectivity index (χ0v) is 19.1. The fourth-order valence-corrected chi connectivity index (χ4v) is 4.25. The first-order valence-corrected chi connectivity index (χ1v) is 11.1. The number of hydrogen-bond donors (Lipinski definition) is 1. The SMILES string of the molecule is CC(Oc1cc(-c2cnn(CCN3CCOCC3)c2)cnc1N)c1c(Cl)ccc(F)c1Cl. The maximum Gasteiger partial charge on any atom is 0.166 e. The third-order valence-corrected chi connectivity index (χ3v) is 6.10. The Kier molecular flexibility index (Phi) is 7.15. The van der Waals surface area contributed by atoms with Crippen molar-refractivity contribution in [1.82, 2.24) is 19.7 Å². The average Bonchev–Trinajstić information content (AvgIpc) is 3.26. The van der Waals surface area contributed by atoms with E-state index >= 15 is 0 Å². The number of nitrogens with two attached hydrogens (primary N) is 1. The van der Waals surface area contributed by atoms with E-state index in [9.17, 15) is 4.39 Å². The van der Waals surface area contributed by atoms with Gasteiger partial charge in [0, 0.05) is 53.7 Å². The number of ether oxygens (including phenoxy) is 2. The minimum atomic E-state index is -0.638. The molecule has 170 valence electrons. The van der Waals surface area contributed by atoms with Crippen LogP contribution < -0.4 is 10.5 Å². The normalized spacial score (nSPS) is 15.6. The number of halogens is 3. The quantitative estimate of drug-likeness (QED) is 0.504. The monoisotopic (exact) mass is 479 g/mol. The molecule has 0 radical (unpaired) electrons. The van der Waals surface area contributed by atoms with E-state index in [1.165, 1.54) is 12.1 Å². The second-order valence-electron chi connectivity index (χ2n) is 7.57. The summed E-state index contributed by atoms with van der Waals surface area (Å²) in [7, 11) is 0. The molecule has 0 amide bonds. The molecule has 7 nitrogen and oxygen atoms in total. The summed E-state index contributed by atoms with van der Waals surface area (Å²) in [5.74, 6) is 0.00211. The van der Waals surface area contributed by atoms with Gasteiger partial charge in [-0.25, -0.2) is 9.37 Å². The van der Waals surface area contributed by atoms with Crippen molar-refractivity contribution in [1.29, 1.82) is 0 Å². The largest absolute Gasteiger partial charge is 0.482 e. The molecular formula is C22H24Cl2FN5O2. The Hall–Kier alpha value is -2.39. The molecule has 2 aromatic heterocycles. The summed E-state index contributed by atoms with van der Waals surface area (Å²) in [6.07, 6.45) is 4.76. The van der Waals surface area contributed by atoms with Crippen molar-refractivity contribution in [3.05, 3.63) is 58.2 Å². The van der Waals surface area contributed by atoms with Crippen LogP contribution in [0.3, 0.4) is 0 Å². The van der Waals surface area contributed by atoms with Crippen molar-refractivity contribution in [2.75, 3.05) is 38.6 Å². The van der Waals surface area contributed by atoms with Crippen LogP contribution in [0.1, 0.15) is 18.6 Å². The Bertz CT molecular complexity index is 1090. The Morgan fingerprint density at radius 3 is 2.75 bits per heavy atom. The number of aromatic nitrogens is 3. The van der Waals surface area contributed by atoms with Gasteiger partial charge in [0.1, 0.15) is 11.9 Å². The standard InChI is InChI=1S/C22H24Cl2FN5O2/c1-14(20-17(23)2-3-18(25)21(20)24)32-19-10-15(11-27-22(19)26)16-12-28-30(13-16)5-4-29-6-8-31-9-7-29/h2-3,10-14H,4-9H2,1H3,(H2,26,27). The highest BCUT2D eigenvalue weighted by atomic mass is 35.5. The van der Waals surface area contributed by atoms with Gasteiger partial charge in [0.25, 0.3) is 0 Å². The highest BCUT2D eigenvalue weighted by Gasteiger charge is 2.20. The van der Waals surface area contributed by atoms with E-state index in [0.29, 0.717) is 16.3 Å². The maximum atomic E-state index is 13.9. The molecule has 3 aromatic rings. The Morgan fingerprint density at radius 2 is 1.97 bits per heavy atom. The Morgan fingerprint density at radius 1 is 1.19 bits per heavy atom. The number of rotatable bonds is 7. The summed E-state index contributed by atoms with van der Waals surface area (Å²) < 4.78 is 27.2. The molecule has 32 heavy (non-hydrogen) atoms. The highest BCUT2D eigenvalue weighted by Crippen LogP contribution is 2.36. The number of nitrogens with zero attached hydrogens (tertiary/aromatic N) is 4. The summed E-state index contributed by atoms with van der Waals surface area (Å²) in [5, 5.41) is 4.69. The van der Waals surface area contributed by atoms with Gasteiger partial charge in [0.15, 0.2) is 11.6 Å². The van der Waals surface area contributed by atoms with Crippen molar-refractivity contribution < 1.29 is 13.9 Å². The molecule has 1 atom stereocenters. The zero-order valence-electron chi connectivity index (χ0n) is 17.6. The smallest absolute Gasteiger partial charge is 0.166 e. The maximum absolute atomic E-state index is 13.9. The van der Waals surface area contributed by atoms with Crippen LogP contribution in [0, 0.1) is 5.82 Å². The predicted molar refractivity (Wildman–Crippen MR) is 123 cm³/mol. The van der Waals surface area contributed by atoms with E-state index in [4.69, 9.17) is 38.4 Å². The minimum absolute atomic E-state index is 0.0748. The molecule has 0 aliphatic carbocycles. The number of morpholine rings is 1. The number of anilines is 1. The molecule has 2 N–H and O–H groups in total. The van der Waals surface area contributed by atoms with Crippen molar-refractivity contribution in [2.45, 2.75) is 19.6 Å². The van der Waals surface area contributed by atoms with Gasteiger partial charge in [-0.3, -0.25) is 9.58 Å². The molecule has 3 heterocycles. The molecule has 10 heteroatoms. The molecule has 1 aliphatic heterocycles. The summed E-state index contributed by atoms with van der Waals surface area (Å²) in [4.78, 5) is 6.60. The summed E-state index contributed by atoms with van der Waals surface area (Å²) in [6.45, 7) is 6.83. The van der Waals surface area contributed by atoms with Gasteiger partial charge >= 0.3 is 0 Å². The van der Waals surface area contributed by atoms with E-state index in [-0.39, 0.29) is 10.8 Å². The van der Waals surface area contributed by atoms with Crippen LogP contribution in [0.15, 0.2) is 36.8 Å². The second-order valence-corrected chi connectivity index (χ2v) is 8.36. The fourth-order valence-electron chi connectivity index (χ4n) is 3.58. The van der Waals surface area contributed by atoms with Crippen LogP contribution in [0.5, 0.6) is 5.75 Å². The molecule has 0 bridgehead atoms. The van der Waals surface area contributed by atoms with Crippen LogP contribution in [-0.4, -0.2) is 52.5 Å². The fraction of sp³-hybridized carbons (Fsp3) is 0.364. The lowest BCUT2D eigenvalue weighted by Gasteiger charge is -2.26. The van der Waals surface area contributed by atoms with Gasteiger partial charge in [-0.15, -0.1) is 0 Å². The van der Waals surface area contributed by atoms with Crippen LogP contribution >= 0.6 is 23.2 Å². The molecule has 1 unspecified atom stereocenters. The van der Waals surface area contributed by atoms with Crippen molar-refractivity contribution in [2.24, 2.45) is 0 Å². The average molecular weight is 480 g/mol. The first-order valence-electron chi connectivity index (χ1n) is 10.3. The van der Waals surface area contributed by atoms with Crippen molar-refractivity contribution in [3.63, 3.8) is 0 Å². The zero-order chi connectivity index (χ0) is 22.7. The first kappa shape index (κ1) is 22.8. The van der Waals surface area contributed by atoms with E-state index in [1.807, 2.05) is 10.9 Å². The van der Waals surface area contributed by atoms with E-state index in [0.717, 1.165) is 50.5 Å². The Labute approximate surface area is 195 Å². The molecule has 1 aromatic carbocycles. The van der Waals surface area contributed by atoms with Gasteiger partial charge in [-0.1, -0.05) is 23.2 Å². The first-order chi connectivity index (χ1) is 15.4. The van der Waals surface area contributed by atoms with Gasteiger partial charge in [0.05, 0.1) is 31.0 Å². The molecule has 1 fully saturated rings. The van der Waals surface area contributed by atoms with Crippen LogP contribution in [-0.2, 0) is 11.3 Å². The van der Waals surface area contributed by atoms with Crippen molar-refractivity contribution >= 4 is 29.0 Å². The molecule has 1 saturated heterocycles. The third kappa shape index (κ3) is 5.15. The molecule has 0 spiro atoms. The minimum Gasteiger partial charge on any atom is -0.482 e. The lowest BCUT2D eigenvalue weighted by molar-refractivity contribution is 0.0360. The van der Waals surface area contributed by atoms with Crippen molar-refractivity contribution in [3.8, 4) is 16.9 Å². The number of benzene rings is 1. The number of hydrogen-bond acceptors (Lipinski definition) is 6. The van der Waals surface area contributed by atoms with E-state index in [2.05, 4.69) is 15.0 Å². The molecule has 4 rings (SSSR count).